The largest absolute Gasteiger partial charge is 0.481 e. The maximum Gasteiger partial charge on any atom is 0.303 e. The van der Waals surface area contributed by atoms with Crippen molar-refractivity contribution in [2.24, 2.45) is 40.4 Å². The molecule has 3 saturated carbocycles. The molecule has 0 heterocycles. The first kappa shape index (κ1) is 37.9. The van der Waals surface area contributed by atoms with Gasteiger partial charge < -0.3 is 19.7 Å². The van der Waals surface area contributed by atoms with Gasteiger partial charge in [0.1, 0.15) is 12.9 Å². The number of carboxylic acids is 1. The van der Waals surface area contributed by atoms with Gasteiger partial charge in [-0.2, -0.15) is 0 Å². The minimum atomic E-state index is -0.745. The summed E-state index contributed by atoms with van der Waals surface area (Å²) in [6.45, 7) is 18.2. The number of aliphatic hydroxyl groups is 1. The van der Waals surface area contributed by atoms with Crippen molar-refractivity contribution >= 4 is 23.8 Å². The number of ketones is 2. The molecule has 4 aliphatic rings. The van der Waals surface area contributed by atoms with E-state index in [0.717, 1.165) is 25.5 Å². The fraction of sp³-hybridized carbons (Fsp3) is 0.758. The number of carbonyl (C=O) groups is 4. The number of rotatable bonds is 5. The van der Waals surface area contributed by atoms with Crippen LogP contribution in [0.25, 0.3) is 0 Å². The first-order valence-corrected chi connectivity index (χ1v) is 15.2. The predicted octanol–water partition coefficient (Wildman–Crippen LogP) is 6.47. The van der Waals surface area contributed by atoms with Crippen LogP contribution in [0.15, 0.2) is 23.8 Å². The highest BCUT2D eigenvalue weighted by Crippen LogP contribution is 2.67. The van der Waals surface area contributed by atoms with Gasteiger partial charge in [0.25, 0.3) is 0 Å². The maximum atomic E-state index is 12.8. The molecular weight excluding hydrogens is 508 g/mol. The number of methoxy groups -OCH3 is 1. The molecule has 0 aliphatic heterocycles. The molecule has 0 bridgehead atoms. The second-order valence-electron chi connectivity index (χ2n) is 11.2. The van der Waals surface area contributed by atoms with Gasteiger partial charge in [-0.05, 0) is 61.0 Å². The SMILES string of the molecule is CC.CC.CCC(=O)O.CCC=O.COCC(=O)C1C(C)CC2C3CCC4=CC(=O)C=CC4(C)C3C(O)CC21C. The van der Waals surface area contributed by atoms with Gasteiger partial charge in [0.05, 0.1) is 6.10 Å². The Morgan fingerprint density at radius 1 is 1.15 bits per heavy atom. The van der Waals surface area contributed by atoms with E-state index in [2.05, 4.69) is 20.8 Å². The van der Waals surface area contributed by atoms with Gasteiger partial charge >= 0.3 is 5.97 Å². The number of allylic oxidation sites excluding steroid dienone is 4. The summed E-state index contributed by atoms with van der Waals surface area (Å²) >= 11 is 0. The van der Waals surface area contributed by atoms with Gasteiger partial charge in [0.2, 0.25) is 0 Å². The molecule has 8 unspecified atom stereocenters. The average Bonchev–Trinajstić information content (AvgIpc) is 3.21. The third-order valence-electron chi connectivity index (χ3n) is 8.94. The van der Waals surface area contributed by atoms with Crippen molar-refractivity contribution in [2.75, 3.05) is 13.7 Å². The first-order valence-electron chi connectivity index (χ1n) is 15.2. The molecule has 0 amide bonds. The minimum Gasteiger partial charge on any atom is -0.481 e. The van der Waals surface area contributed by atoms with Crippen molar-refractivity contribution in [3.63, 3.8) is 0 Å². The molecule has 0 aromatic carbocycles. The molecule has 2 N–H and O–H groups in total. The highest BCUT2D eigenvalue weighted by molar-refractivity contribution is 6.01. The predicted molar refractivity (Wildman–Crippen MR) is 160 cm³/mol. The molecule has 7 nitrogen and oxygen atoms in total. The number of ether oxygens (including phenoxy) is 1. The Bertz CT molecular complexity index is 891. The van der Waals surface area contributed by atoms with Crippen LogP contribution in [0.4, 0.5) is 0 Å². The highest BCUT2D eigenvalue weighted by Gasteiger charge is 2.64. The van der Waals surface area contributed by atoms with Crippen LogP contribution >= 0.6 is 0 Å². The Hall–Kier alpha value is -2.12. The van der Waals surface area contributed by atoms with Crippen LogP contribution < -0.4 is 0 Å². The molecular formula is C33H56O7. The highest BCUT2D eigenvalue weighted by atomic mass is 16.5. The summed E-state index contributed by atoms with van der Waals surface area (Å²) in [5, 5.41) is 19.0. The molecule has 0 spiro atoms. The van der Waals surface area contributed by atoms with Crippen molar-refractivity contribution in [3.8, 4) is 0 Å². The Labute approximate surface area is 242 Å². The van der Waals surface area contributed by atoms with Crippen LogP contribution in [-0.2, 0) is 23.9 Å². The Balaban J connectivity index is 0.000000998. The van der Waals surface area contributed by atoms with E-state index in [-0.39, 0.29) is 47.3 Å². The van der Waals surface area contributed by atoms with Crippen molar-refractivity contribution in [2.45, 2.75) is 107 Å². The van der Waals surface area contributed by atoms with Gasteiger partial charge in [0, 0.05) is 37.2 Å². The smallest absolute Gasteiger partial charge is 0.303 e. The van der Waals surface area contributed by atoms with E-state index in [1.54, 1.807) is 26.2 Å². The van der Waals surface area contributed by atoms with Gasteiger partial charge in [-0.15, -0.1) is 0 Å². The molecule has 3 fully saturated rings. The lowest BCUT2D eigenvalue weighted by Gasteiger charge is -2.58. The zero-order valence-electron chi connectivity index (χ0n) is 26.7. The molecule has 0 aromatic heterocycles. The minimum absolute atomic E-state index is 0.0359. The van der Waals surface area contributed by atoms with Crippen LogP contribution in [0.2, 0.25) is 0 Å². The van der Waals surface area contributed by atoms with Crippen molar-refractivity contribution in [1.82, 2.24) is 0 Å². The summed E-state index contributed by atoms with van der Waals surface area (Å²) in [5.74, 6) is 0.751. The monoisotopic (exact) mass is 564 g/mol. The van der Waals surface area contributed by atoms with Crippen molar-refractivity contribution in [1.29, 1.82) is 0 Å². The normalized spacial score (nSPS) is 34.6. The van der Waals surface area contributed by atoms with Crippen molar-refractivity contribution < 1.29 is 34.1 Å². The van der Waals surface area contributed by atoms with Gasteiger partial charge in [-0.25, -0.2) is 0 Å². The second-order valence-corrected chi connectivity index (χ2v) is 11.2. The Morgan fingerprint density at radius 3 is 2.17 bits per heavy atom. The average molecular weight is 565 g/mol. The zero-order valence-corrected chi connectivity index (χ0v) is 26.7. The Kier molecular flexibility index (Phi) is 16.7. The summed E-state index contributed by atoms with van der Waals surface area (Å²) in [6, 6.07) is 0. The van der Waals surface area contributed by atoms with E-state index in [4.69, 9.17) is 9.84 Å². The molecule has 4 rings (SSSR count). The lowest BCUT2D eigenvalue weighted by Crippen LogP contribution is -2.56. The third kappa shape index (κ3) is 8.45. The maximum absolute atomic E-state index is 12.8. The van der Waals surface area contributed by atoms with E-state index < -0.39 is 12.1 Å². The Morgan fingerprint density at radius 2 is 1.70 bits per heavy atom. The number of carbonyl (C=O) groups excluding carboxylic acids is 3. The van der Waals surface area contributed by atoms with Crippen LogP contribution in [0.3, 0.4) is 0 Å². The second kappa shape index (κ2) is 17.6. The summed E-state index contributed by atoms with van der Waals surface area (Å²) in [6.07, 6.45) is 10.4. The molecule has 0 saturated heterocycles. The van der Waals surface area contributed by atoms with Crippen LogP contribution in [0.1, 0.15) is 101 Å². The topological polar surface area (TPSA) is 118 Å². The van der Waals surface area contributed by atoms with E-state index in [0.29, 0.717) is 30.6 Å². The molecule has 40 heavy (non-hydrogen) atoms. The number of fused-ring (bicyclic) bond motifs is 5. The standard InChI is InChI=1S/C23H32O4.C3H6O2.C3H6O.2C2H6/c1-13-9-17-16-6-5-14-10-15(24)7-8-22(14,2)21(16)18(25)11-23(17,3)20(13)19(26)12-27-4;1-2-3(4)5;1-2-3-4;2*1-2/h7-8,10,13,16-18,20-21,25H,5-6,9,11-12H2,1-4H3;2H2,1H3,(H,4,5);3H,2H2,1H3;2*1-2H3. The molecule has 7 heteroatoms. The van der Waals surface area contributed by atoms with E-state index in [1.807, 2.05) is 40.7 Å². The zero-order chi connectivity index (χ0) is 31.3. The lowest BCUT2D eigenvalue weighted by atomic mass is 9.46. The molecule has 0 aromatic rings. The number of hydrogen-bond acceptors (Lipinski definition) is 6. The number of aliphatic carboxylic acids is 1. The third-order valence-corrected chi connectivity index (χ3v) is 8.94. The summed E-state index contributed by atoms with van der Waals surface area (Å²) in [4.78, 5) is 43.3. The van der Waals surface area contributed by atoms with Gasteiger partial charge in [-0.3, -0.25) is 14.4 Å². The van der Waals surface area contributed by atoms with Crippen molar-refractivity contribution in [3.05, 3.63) is 23.8 Å². The van der Waals surface area contributed by atoms with Gasteiger partial charge in [-0.1, -0.05) is 74.0 Å². The van der Waals surface area contributed by atoms with Crippen LogP contribution in [0, 0.1) is 40.4 Å². The number of Topliss-reactive ketones (excluding diaryl/α,β-unsaturated/α-hetero) is 1. The molecule has 8 atom stereocenters. The van der Waals surface area contributed by atoms with Crippen LogP contribution in [-0.4, -0.2) is 53.9 Å². The molecule has 0 radical (unpaired) electrons. The van der Waals surface area contributed by atoms with Gasteiger partial charge in [0.15, 0.2) is 11.6 Å². The lowest BCUT2D eigenvalue weighted by molar-refractivity contribution is -0.143. The summed E-state index contributed by atoms with van der Waals surface area (Å²) < 4.78 is 5.16. The summed E-state index contributed by atoms with van der Waals surface area (Å²) in [5.41, 5.74) is 0.772. The fourth-order valence-electron chi connectivity index (χ4n) is 7.61. The van der Waals surface area contributed by atoms with E-state index in [9.17, 15) is 24.3 Å². The first-order chi connectivity index (χ1) is 18.9. The quantitative estimate of drug-likeness (QED) is 0.367. The van der Waals surface area contributed by atoms with Crippen LogP contribution in [0.5, 0.6) is 0 Å². The molecule has 230 valence electrons. The number of aldehydes is 1. The summed E-state index contributed by atoms with van der Waals surface area (Å²) in [7, 11) is 1.58. The molecule has 4 aliphatic carbocycles. The number of aliphatic hydroxyl groups excluding tert-OH is 1. The van der Waals surface area contributed by atoms with E-state index >= 15 is 0 Å². The van der Waals surface area contributed by atoms with E-state index in [1.165, 1.54) is 5.57 Å². The fourth-order valence-corrected chi connectivity index (χ4v) is 7.61. The number of carboxylic acid groups (broad SMARTS) is 1. The number of hydrogen-bond donors (Lipinski definition) is 2.